The van der Waals surface area contributed by atoms with Crippen LogP contribution in [-0.4, -0.2) is 22.7 Å². The number of halogens is 3. The summed E-state index contributed by atoms with van der Waals surface area (Å²) < 4.78 is 43.8. The predicted octanol–water partition coefficient (Wildman–Crippen LogP) is 2.89. The summed E-state index contributed by atoms with van der Waals surface area (Å²) in [5.41, 5.74) is 1.10. The molecule has 1 N–H and O–H groups in total. The Hall–Kier alpha value is -1.48. The molecule has 0 spiro atoms. The Labute approximate surface area is 123 Å². The van der Waals surface area contributed by atoms with Gasteiger partial charge in [0, 0.05) is 5.75 Å². The number of hydrogen-bond acceptors (Lipinski definition) is 6. The first-order valence-electron chi connectivity index (χ1n) is 5.97. The molecule has 0 atom stereocenters. The number of nitrogens with zero attached hydrogens (tertiary/aromatic N) is 2. The Morgan fingerprint density at radius 3 is 2.62 bits per heavy atom. The van der Waals surface area contributed by atoms with Gasteiger partial charge in [-0.15, -0.1) is 11.8 Å². The molecule has 21 heavy (non-hydrogen) atoms. The van der Waals surface area contributed by atoms with E-state index in [0.29, 0.717) is 5.03 Å². The molecule has 1 aliphatic heterocycles. The lowest BCUT2D eigenvalue weighted by molar-refractivity contribution is -0.141. The maximum atomic E-state index is 13.0. The molecular formula is C12H14F3N3O2S. The average Bonchev–Trinajstić information content (AvgIpc) is 2.74. The molecule has 0 saturated carbocycles. The zero-order valence-electron chi connectivity index (χ0n) is 11.6. The van der Waals surface area contributed by atoms with Gasteiger partial charge in [0.05, 0.1) is 17.7 Å². The van der Waals surface area contributed by atoms with Crippen molar-refractivity contribution in [2.24, 2.45) is 0 Å². The fourth-order valence-corrected chi connectivity index (χ4v) is 2.75. The van der Waals surface area contributed by atoms with E-state index in [1.165, 1.54) is 7.11 Å². The van der Waals surface area contributed by atoms with Gasteiger partial charge in [0.2, 0.25) is 5.88 Å². The van der Waals surface area contributed by atoms with Crippen molar-refractivity contribution in [1.82, 2.24) is 15.4 Å². The highest BCUT2D eigenvalue weighted by Crippen LogP contribution is 2.37. The highest BCUT2D eigenvalue weighted by Gasteiger charge is 2.37. The predicted molar refractivity (Wildman–Crippen MR) is 71.3 cm³/mol. The van der Waals surface area contributed by atoms with Crippen LogP contribution in [0.2, 0.25) is 0 Å². The van der Waals surface area contributed by atoms with Crippen LogP contribution in [0.1, 0.15) is 25.1 Å². The average molecular weight is 321 g/mol. The summed E-state index contributed by atoms with van der Waals surface area (Å²) in [6.45, 7) is 3.67. The molecule has 2 heterocycles. The summed E-state index contributed by atoms with van der Waals surface area (Å²) >= 11 is 1.16. The van der Waals surface area contributed by atoms with Crippen molar-refractivity contribution < 1.29 is 22.7 Å². The third-order valence-corrected chi connectivity index (χ3v) is 3.58. The van der Waals surface area contributed by atoms with Gasteiger partial charge in [-0.25, -0.2) is 9.97 Å². The zero-order chi connectivity index (χ0) is 15.7. The first-order chi connectivity index (χ1) is 9.73. The number of nitrogens with one attached hydrogen (secondary N) is 1. The Bertz CT molecular complexity index is 561. The number of hydrogen-bond donors (Lipinski definition) is 1. The molecule has 0 aliphatic carbocycles. The third-order valence-electron chi connectivity index (χ3n) is 2.63. The standard InChI is InChI=1S/C12H14F3N3O2S/c1-11(2)4-8(18-20-11)21-5-7-9(12(13,14)15)16-6-17-10(7)19-3/h4,6,18H,5H2,1-3H3. The molecule has 0 fully saturated rings. The van der Waals surface area contributed by atoms with Crippen LogP contribution in [0.4, 0.5) is 13.2 Å². The van der Waals surface area contributed by atoms with Crippen LogP contribution in [0.5, 0.6) is 5.88 Å². The molecule has 0 unspecified atom stereocenters. The Balaban J connectivity index is 2.23. The molecule has 2 rings (SSSR count). The molecule has 1 aliphatic rings. The van der Waals surface area contributed by atoms with Crippen LogP contribution >= 0.6 is 11.8 Å². The van der Waals surface area contributed by atoms with E-state index in [1.807, 2.05) is 13.8 Å². The Morgan fingerprint density at radius 2 is 2.10 bits per heavy atom. The largest absolute Gasteiger partial charge is 0.481 e. The number of hydroxylamine groups is 1. The zero-order valence-corrected chi connectivity index (χ0v) is 12.4. The minimum absolute atomic E-state index is 0.0110. The summed E-state index contributed by atoms with van der Waals surface area (Å²) in [7, 11) is 1.27. The molecule has 1 aromatic heterocycles. The van der Waals surface area contributed by atoms with E-state index in [9.17, 15) is 13.2 Å². The van der Waals surface area contributed by atoms with E-state index < -0.39 is 17.5 Å². The molecule has 1 aromatic rings. The maximum absolute atomic E-state index is 13.0. The number of ether oxygens (including phenoxy) is 1. The number of methoxy groups -OCH3 is 1. The lowest BCUT2D eigenvalue weighted by Gasteiger charge is -2.14. The maximum Gasteiger partial charge on any atom is 0.433 e. The van der Waals surface area contributed by atoms with Crippen molar-refractivity contribution in [1.29, 1.82) is 0 Å². The number of aromatic nitrogens is 2. The van der Waals surface area contributed by atoms with E-state index in [-0.39, 0.29) is 17.2 Å². The first kappa shape index (κ1) is 15.9. The number of thioether (sulfide) groups is 1. The van der Waals surface area contributed by atoms with Crippen LogP contribution in [0.25, 0.3) is 0 Å². The monoisotopic (exact) mass is 321 g/mol. The van der Waals surface area contributed by atoms with E-state index >= 15 is 0 Å². The van der Waals surface area contributed by atoms with Gasteiger partial charge in [-0.3, -0.25) is 10.3 Å². The van der Waals surface area contributed by atoms with Gasteiger partial charge >= 0.3 is 6.18 Å². The molecule has 9 heteroatoms. The molecule has 0 aromatic carbocycles. The second-order valence-electron chi connectivity index (χ2n) is 4.81. The second-order valence-corrected chi connectivity index (χ2v) is 5.83. The van der Waals surface area contributed by atoms with Crippen molar-refractivity contribution >= 4 is 11.8 Å². The van der Waals surface area contributed by atoms with E-state index in [0.717, 1.165) is 18.1 Å². The van der Waals surface area contributed by atoms with E-state index in [2.05, 4.69) is 15.4 Å². The topological polar surface area (TPSA) is 56.3 Å². The third kappa shape index (κ3) is 3.79. The molecule has 0 bridgehead atoms. The normalized spacial score (nSPS) is 17.3. The van der Waals surface area contributed by atoms with Crippen LogP contribution in [-0.2, 0) is 16.8 Å². The first-order valence-corrected chi connectivity index (χ1v) is 6.96. The Kier molecular flexibility index (Phi) is 4.33. The highest BCUT2D eigenvalue weighted by molar-refractivity contribution is 8.02. The van der Waals surface area contributed by atoms with Crippen molar-refractivity contribution in [3.05, 3.63) is 28.7 Å². The molecule has 0 amide bonds. The van der Waals surface area contributed by atoms with E-state index in [1.54, 1.807) is 6.08 Å². The van der Waals surface area contributed by atoms with Gasteiger partial charge in [-0.05, 0) is 19.9 Å². The smallest absolute Gasteiger partial charge is 0.433 e. The minimum atomic E-state index is -4.56. The Morgan fingerprint density at radius 1 is 1.38 bits per heavy atom. The SMILES string of the molecule is COc1ncnc(C(F)(F)F)c1CSC1=CC(C)(C)ON1. The van der Waals surface area contributed by atoms with Crippen molar-refractivity contribution in [3.8, 4) is 5.88 Å². The number of rotatable bonds is 4. The number of alkyl halides is 3. The summed E-state index contributed by atoms with van der Waals surface area (Å²) in [6, 6.07) is 0. The molecule has 5 nitrogen and oxygen atoms in total. The summed E-state index contributed by atoms with van der Waals surface area (Å²) in [4.78, 5) is 12.3. The van der Waals surface area contributed by atoms with Crippen molar-refractivity contribution in [2.45, 2.75) is 31.4 Å². The van der Waals surface area contributed by atoms with Crippen LogP contribution in [0.15, 0.2) is 17.4 Å². The van der Waals surface area contributed by atoms with Gasteiger partial charge in [0.15, 0.2) is 5.69 Å². The highest BCUT2D eigenvalue weighted by atomic mass is 32.2. The van der Waals surface area contributed by atoms with Crippen LogP contribution in [0.3, 0.4) is 0 Å². The summed E-state index contributed by atoms with van der Waals surface area (Å²) in [5, 5.41) is 0.638. The van der Waals surface area contributed by atoms with Gasteiger partial charge in [-0.1, -0.05) is 0 Å². The molecule has 0 saturated heterocycles. The fourth-order valence-electron chi connectivity index (χ4n) is 1.72. The lowest BCUT2D eigenvalue weighted by atomic mass is 10.1. The molecular weight excluding hydrogens is 307 g/mol. The lowest BCUT2D eigenvalue weighted by Crippen LogP contribution is -2.20. The van der Waals surface area contributed by atoms with Gasteiger partial charge in [0.1, 0.15) is 11.9 Å². The summed E-state index contributed by atoms with van der Waals surface area (Å²) in [6.07, 6.45) is -1.92. The van der Waals surface area contributed by atoms with Crippen molar-refractivity contribution in [3.63, 3.8) is 0 Å². The fraction of sp³-hybridized carbons (Fsp3) is 0.500. The molecule has 116 valence electrons. The molecule has 0 radical (unpaired) electrons. The van der Waals surface area contributed by atoms with Gasteiger partial charge in [-0.2, -0.15) is 13.2 Å². The van der Waals surface area contributed by atoms with Gasteiger partial charge < -0.3 is 4.74 Å². The minimum Gasteiger partial charge on any atom is -0.481 e. The second kappa shape index (κ2) is 5.72. The van der Waals surface area contributed by atoms with Crippen LogP contribution < -0.4 is 10.2 Å². The van der Waals surface area contributed by atoms with Gasteiger partial charge in [0.25, 0.3) is 0 Å². The summed E-state index contributed by atoms with van der Waals surface area (Å²) in [5.74, 6) is -0.0690. The quantitative estimate of drug-likeness (QED) is 0.920. The van der Waals surface area contributed by atoms with E-state index in [4.69, 9.17) is 9.57 Å². The van der Waals surface area contributed by atoms with Crippen LogP contribution in [0, 0.1) is 0 Å². The van der Waals surface area contributed by atoms with Crippen molar-refractivity contribution in [2.75, 3.05) is 7.11 Å².